The molecule has 0 bridgehead atoms. The van der Waals surface area contributed by atoms with E-state index in [1.807, 2.05) is 0 Å². The van der Waals surface area contributed by atoms with Crippen LogP contribution >= 0.6 is 0 Å². The Labute approximate surface area is 365 Å². The van der Waals surface area contributed by atoms with E-state index in [1.54, 1.807) is 0 Å². The first-order valence-electron chi connectivity index (χ1n) is 21.9. The van der Waals surface area contributed by atoms with Crippen LogP contribution in [-0.4, -0.2) is 4.57 Å². The SMILES string of the molecule is c1ccc(-n2c3ccccc3c3cc(-c4ccc(N(c5cc6c7c(cccc7c5)C65c6ccccc6-c6ccccc65)c5ccc6c(ccc7ccccc76)c5)cc4)ccc32)cc1. The topological polar surface area (TPSA) is 8.17 Å². The van der Waals surface area contributed by atoms with Gasteiger partial charge in [-0.25, -0.2) is 0 Å². The van der Waals surface area contributed by atoms with Crippen LogP contribution in [0.3, 0.4) is 0 Å². The molecule has 2 aliphatic rings. The van der Waals surface area contributed by atoms with Gasteiger partial charge >= 0.3 is 0 Å². The molecule has 11 aromatic carbocycles. The zero-order valence-corrected chi connectivity index (χ0v) is 34.3. The molecular formula is C61H38N2. The maximum Gasteiger partial charge on any atom is 0.0726 e. The molecule has 1 spiro atoms. The van der Waals surface area contributed by atoms with Gasteiger partial charge in [0.2, 0.25) is 0 Å². The summed E-state index contributed by atoms with van der Waals surface area (Å²) < 4.78 is 2.38. The molecule has 0 amide bonds. The lowest BCUT2D eigenvalue weighted by molar-refractivity contribution is 0.745. The van der Waals surface area contributed by atoms with E-state index in [0.29, 0.717) is 0 Å². The molecule has 0 radical (unpaired) electrons. The van der Waals surface area contributed by atoms with E-state index in [4.69, 9.17) is 0 Å². The van der Waals surface area contributed by atoms with Gasteiger partial charge in [0.15, 0.2) is 0 Å². The van der Waals surface area contributed by atoms with Gasteiger partial charge in [0.1, 0.15) is 0 Å². The van der Waals surface area contributed by atoms with E-state index in [0.717, 1.165) is 17.1 Å². The minimum atomic E-state index is -0.321. The molecule has 0 aliphatic heterocycles. The number of rotatable bonds is 5. The number of anilines is 3. The Hall–Kier alpha value is -8.20. The highest BCUT2D eigenvalue weighted by atomic mass is 15.1. The van der Waals surface area contributed by atoms with Gasteiger partial charge in [-0.15, -0.1) is 0 Å². The zero-order chi connectivity index (χ0) is 41.2. The molecule has 1 aromatic heterocycles. The fourth-order valence-electron chi connectivity index (χ4n) is 11.4. The van der Waals surface area contributed by atoms with Crippen LogP contribution in [0.25, 0.3) is 82.1 Å². The van der Waals surface area contributed by atoms with Crippen molar-refractivity contribution in [2.45, 2.75) is 5.41 Å². The lowest BCUT2D eigenvalue weighted by Gasteiger charge is -2.44. The van der Waals surface area contributed by atoms with E-state index < -0.39 is 0 Å². The fourth-order valence-corrected chi connectivity index (χ4v) is 11.4. The maximum absolute atomic E-state index is 2.49. The largest absolute Gasteiger partial charge is 0.310 e. The molecule has 0 unspecified atom stereocenters. The second kappa shape index (κ2) is 12.9. The normalized spacial score (nSPS) is 13.2. The third-order valence-electron chi connectivity index (χ3n) is 14.1. The molecule has 2 heteroatoms. The second-order valence-corrected chi connectivity index (χ2v) is 17.2. The highest BCUT2D eigenvalue weighted by Gasteiger charge is 2.53. The van der Waals surface area contributed by atoms with Crippen molar-refractivity contribution in [2.75, 3.05) is 4.90 Å². The Morgan fingerprint density at radius 1 is 0.317 bits per heavy atom. The summed E-state index contributed by atoms with van der Waals surface area (Å²) in [4.78, 5) is 2.47. The van der Waals surface area contributed by atoms with Crippen LogP contribution in [0, 0.1) is 0 Å². The van der Waals surface area contributed by atoms with Crippen LogP contribution in [0.5, 0.6) is 0 Å². The molecule has 12 aromatic rings. The Kier molecular flexibility index (Phi) is 7.07. The Morgan fingerprint density at radius 2 is 0.921 bits per heavy atom. The van der Waals surface area contributed by atoms with Gasteiger partial charge in [0.25, 0.3) is 0 Å². The minimum absolute atomic E-state index is 0.321. The number of para-hydroxylation sites is 2. The summed E-state index contributed by atoms with van der Waals surface area (Å²) in [6.45, 7) is 0. The first kappa shape index (κ1) is 34.5. The summed E-state index contributed by atoms with van der Waals surface area (Å²) in [6.07, 6.45) is 0. The molecule has 0 N–H and O–H groups in total. The third kappa shape index (κ3) is 4.72. The van der Waals surface area contributed by atoms with Gasteiger partial charge in [-0.1, -0.05) is 164 Å². The van der Waals surface area contributed by atoms with Gasteiger partial charge in [-0.05, 0) is 144 Å². The summed E-state index contributed by atoms with van der Waals surface area (Å²) in [5.74, 6) is 0. The van der Waals surface area contributed by atoms with Crippen LogP contribution in [0.2, 0.25) is 0 Å². The Morgan fingerprint density at radius 3 is 1.75 bits per heavy atom. The molecule has 2 aliphatic carbocycles. The second-order valence-electron chi connectivity index (χ2n) is 17.2. The first-order chi connectivity index (χ1) is 31.2. The first-order valence-corrected chi connectivity index (χ1v) is 21.9. The molecule has 0 saturated carbocycles. The van der Waals surface area contributed by atoms with E-state index in [2.05, 4.69) is 240 Å². The van der Waals surface area contributed by atoms with Crippen LogP contribution in [0.1, 0.15) is 22.3 Å². The lowest BCUT2D eigenvalue weighted by atomic mass is 9.58. The summed E-state index contributed by atoms with van der Waals surface area (Å²) in [5.41, 5.74) is 17.2. The van der Waals surface area contributed by atoms with Gasteiger partial charge in [0.05, 0.1) is 16.4 Å². The molecule has 1 heterocycles. The fraction of sp³-hybridized carbons (Fsp3) is 0.0164. The number of hydrogen-bond donors (Lipinski definition) is 0. The molecule has 63 heavy (non-hydrogen) atoms. The smallest absolute Gasteiger partial charge is 0.0726 e. The van der Waals surface area contributed by atoms with Crippen molar-refractivity contribution in [3.63, 3.8) is 0 Å². The van der Waals surface area contributed by atoms with Gasteiger partial charge in [0, 0.05) is 33.5 Å². The molecule has 2 nitrogen and oxygen atoms in total. The highest BCUT2D eigenvalue weighted by Crippen LogP contribution is 2.64. The van der Waals surface area contributed by atoms with Crippen LogP contribution in [0.15, 0.2) is 231 Å². The maximum atomic E-state index is 2.49. The predicted molar refractivity (Wildman–Crippen MR) is 264 cm³/mol. The van der Waals surface area contributed by atoms with Gasteiger partial charge in [-0.3, -0.25) is 0 Å². The zero-order valence-electron chi connectivity index (χ0n) is 34.3. The molecule has 0 fully saturated rings. The summed E-state index contributed by atoms with van der Waals surface area (Å²) in [7, 11) is 0. The van der Waals surface area contributed by atoms with Gasteiger partial charge < -0.3 is 9.47 Å². The van der Waals surface area contributed by atoms with E-state index in [9.17, 15) is 0 Å². The van der Waals surface area contributed by atoms with E-state index in [1.165, 1.54) is 104 Å². The van der Waals surface area contributed by atoms with Crippen molar-refractivity contribution in [3.05, 3.63) is 253 Å². The quantitative estimate of drug-likeness (QED) is 0.157. The number of benzene rings is 11. The Balaban J connectivity index is 0.950. The number of aromatic nitrogens is 1. The predicted octanol–water partition coefficient (Wildman–Crippen LogP) is 16.1. The minimum Gasteiger partial charge on any atom is -0.310 e. The average Bonchev–Trinajstić information content (AvgIpc) is 3.85. The highest BCUT2D eigenvalue weighted by molar-refractivity contribution is 6.12. The Bertz CT molecular complexity index is 3810. The number of fused-ring (bicyclic) bond motifs is 13. The van der Waals surface area contributed by atoms with Crippen LogP contribution in [-0.2, 0) is 5.41 Å². The molecule has 0 atom stereocenters. The van der Waals surface area contributed by atoms with E-state index >= 15 is 0 Å². The van der Waals surface area contributed by atoms with E-state index in [-0.39, 0.29) is 5.41 Å². The molecule has 292 valence electrons. The standard InChI is InChI=1S/C61H38N2/c1-2-15-44(16-3-1)63-58-24-11-8-20-52(58)53-37-41(29-34-59(53)63)39-27-30-45(31-28-39)62(46-32-33-49-42(35-46)26-25-40-13-4-5-17-48(40)49)47-36-43-14-12-23-56-60(43)57(38-47)61(56)54-21-9-6-18-50(54)51-19-7-10-22-55(51)61/h1-38H. The van der Waals surface area contributed by atoms with Crippen LogP contribution < -0.4 is 4.90 Å². The summed E-state index contributed by atoms with van der Waals surface area (Å²) in [6, 6.07) is 85.7. The lowest BCUT2D eigenvalue weighted by Crippen LogP contribution is -2.36. The van der Waals surface area contributed by atoms with Gasteiger partial charge in [-0.2, -0.15) is 0 Å². The average molecular weight is 799 g/mol. The number of nitrogens with zero attached hydrogens (tertiary/aromatic N) is 2. The van der Waals surface area contributed by atoms with Crippen molar-refractivity contribution in [3.8, 4) is 27.9 Å². The summed E-state index contributed by atoms with van der Waals surface area (Å²) >= 11 is 0. The van der Waals surface area contributed by atoms with Crippen molar-refractivity contribution in [1.82, 2.24) is 4.57 Å². The van der Waals surface area contributed by atoms with Crippen molar-refractivity contribution in [1.29, 1.82) is 0 Å². The summed E-state index contributed by atoms with van der Waals surface area (Å²) in [5, 5.41) is 10.2. The third-order valence-corrected chi connectivity index (χ3v) is 14.1. The molecule has 0 saturated heterocycles. The monoisotopic (exact) mass is 798 g/mol. The van der Waals surface area contributed by atoms with Crippen molar-refractivity contribution >= 4 is 71.2 Å². The van der Waals surface area contributed by atoms with Crippen molar-refractivity contribution in [2.24, 2.45) is 0 Å². The number of hydrogen-bond acceptors (Lipinski definition) is 1. The molecule has 14 rings (SSSR count). The molecular weight excluding hydrogens is 761 g/mol. The van der Waals surface area contributed by atoms with Crippen LogP contribution in [0.4, 0.5) is 17.1 Å². The van der Waals surface area contributed by atoms with Crippen molar-refractivity contribution < 1.29 is 0 Å².